The van der Waals surface area contributed by atoms with Crippen molar-refractivity contribution in [2.75, 3.05) is 6.26 Å². The monoisotopic (exact) mass is 388 g/mol. The topological polar surface area (TPSA) is 68.3 Å². The quantitative estimate of drug-likeness (QED) is 0.651. The van der Waals surface area contributed by atoms with E-state index in [0.717, 1.165) is 16.3 Å². The molecule has 0 bridgehead atoms. The van der Waals surface area contributed by atoms with Crippen LogP contribution in [0.1, 0.15) is 38.2 Å². The van der Waals surface area contributed by atoms with E-state index in [2.05, 4.69) is 15.9 Å². The Labute approximate surface area is 140 Å². The second-order valence-corrected chi connectivity index (χ2v) is 8.83. The molecule has 1 unspecified atom stereocenters. The van der Waals surface area contributed by atoms with Crippen molar-refractivity contribution in [2.24, 2.45) is 0 Å². The first-order valence-electron chi connectivity index (χ1n) is 7.13. The summed E-state index contributed by atoms with van der Waals surface area (Å²) in [6.45, 7) is 1.39. The van der Waals surface area contributed by atoms with Gasteiger partial charge >= 0.3 is 0 Å². The molecular weight excluding hydrogens is 368 g/mol. The Morgan fingerprint density at radius 3 is 2.27 bits per heavy atom. The zero-order chi connectivity index (χ0) is 16.8. The van der Waals surface area contributed by atoms with E-state index in [1.807, 2.05) is 24.3 Å². The van der Waals surface area contributed by atoms with Gasteiger partial charge < -0.3 is 0 Å². The molecule has 0 aliphatic rings. The molecule has 0 fully saturated rings. The maximum atomic E-state index is 11.9. The molecule has 0 amide bonds. The molecule has 0 saturated heterocycles. The summed E-state index contributed by atoms with van der Waals surface area (Å²) in [6.07, 6.45) is 2.69. The molecule has 1 aromatic carbocycles. The van der Waals surface area contributed by atoms with E-state index >= 15 is 0 Å². The van der Waals surface area contributed by atoms with E-state index in [-0.39, 0.29) is 18.0 Å². The molecule has 0 aliphatic carbocycles. The van der Waals surface area contributed by atoms with Crippen LogP contribution in [-0.2, 0) is 25.8 Å². The van der Waals surface area contributed by atoms with Gasteiger partial charge in [-0.1, -0.05) is 28.1 Å². The van der Waals surface area contributed by atoms with Crippen LogP contribution < -0.4 is 0 Å². The van der Waals surface area contributed by atoms with E-state index in [4.69, 9.17) is 0 Å². The van der Waals surface area contributed by atoms with Gasteiger partial charge in [0, 0.05) is 30.0 Å². The van der Waals surface area contributed by atoms with Crippen molar-refractivity contribution in [3.63, 3.8) is 0 Å². The van der Waals surface area contributed by atoms with Gasteiger partial charge in [-0.15, -0.1) is 0 Å². The third kappa shape index (κ3) is 7.31. The molecule has 0 heterocycles. The first kappa shape index (κ1) is 19.0. The summed E-state index contributed by atoms with van der Waals surface area (Å²) in [5.41, 5.74) is 0.941. The van der Waals surface area contributed by atoms with E-state index in [1.165, 1.54) is 6.92 Å². The summed E-state index contributed by atoms with van der Waals surface area (Å²) in [4.78, 5) is 23.1. The average Bonchev–Trinajstić information content (AvgIpc) is 2.39. The summed E-state index contributed by atoms with van der Waals surface area (Å²) in [6, 6.07) is 7.54. The second-order valence-electron chi connectivity index (χ2n) is 5.59. The van der Waals surface area contributed by atoms with Gasteiger partial charge in [-0.2, -0.15) is 0 Å². The standard InChI is InChI=1S/C16H21BrO4S/c1-12(18)10-16(22(2,20)21)5-3-4-15(19)11-13-6-8-14(17)9-7-13/h6-9,16H,3-5,10-11H2,1-2H3. The first-order valence-corrected chi connectivity index (χ1v) is 9.87. The van der Waals surface area contributed by atoms with Crippen LogP contribution in [0.5, 0.6) is 0 Å². The van der Waals surface area contributed by atoms with E-state index in [0.29, 0.717) is 25.7 Å². The maximum absolute atomic E-state index is 11.9. The van der Waals surface area contributed by atoms with Crippen molar-refractivity contribution in [1.82, 2.24) is 0 Å². The zero-order valence-electron chi connectivity index (χ0n) is 12.8. The third-order valence-electron chi connectivity index (χ3n) is 3.42. The summed E-state index contributed by atoms with van der Waals surface area (Å²) in [5, 5.41) is -0.675. The number of Topliss-reactive ketones (excluding diaryl/α,β-unsaturated/α-hetero) is 2. The highest BCUT2D eigenvalue weighted by Crippen LogP contribution is 2.16. The highest BCUT2D eigenvalue weighted by molar-refractivity contribution is 9.10. The van der Waals surface area contributed by atoms with Gasteiger partial charge in [0.15, 0.2) is 9.84 Å². The van der Waals surface area contributed by atoms with Crippen molar-refractivity contribution in [2.45, 2.75) is 44.3 Å². The maximum Gasteiger partial charge on any atom is 0.150 e. The number of halogens is 1. The number of carbonyl (C=O) groups is 2. The minimum atomic E-state index is -3.26. The lowest BCUT2D eigenvalue weighted by atomic mass is 10.0. The van der Waals surface area contributed by atoms with Gasteiger partial charge in [-0.3, -0.25) is 9.59 Å². The number of hydrogen-bond acceptors (Lipinski definition) is 4. The van der Waals surface area contributed by atoms with Crippen LogP contribution in [0.15, 0.2) is 28.7 Å². The molecule has 0 N–H and O–H groups in total. The molecule has 1 aromatic rings. The van der Waals surface area contributed by atoms with Gasteiger partial charge in [0.1, 0.15) is 11.6 Å². The van der Waals surface area contributed by atoms with E-state index in [1.54, 1.807) is 0 Å². The predicted octanol–water partition coefficient (Wildman–Crippen LogP) is 3.12. The number of carbonyl (C=O) groups excluding carboxylic acids is 2. The number of sulfone groups is 1. The molecule has 0 saturated carbocycles. The first-order chi connectivity index (χ1) is 10.2. The summed E-state index contributed by atoms with van der Waals surface area (Å²) in [7, 11) is -3.26. The Morgan fingerprint density at radius 2 is 1.77 bits per heavy atom. The lowest BCUT2D eigenvalue weighted by molar-refractivity contribution is -0.118. The minimum absolute atomic E-state index is 0.0275. The molecule has 6 heteroatoms. The highest BCUT2D eigenvalue weighted by Gasteiger charge is 2.22. The van der Waals surface area contributed by atoms with E-state index in [9.17, 15) is 18.0 Å². The van der Waals surface area contributed by atoms with Crippen LogP contribution in [-0.4, -0.2) is 31.5 Å². The van der Waals surface area contributed by atoms with Crippen molar-refractivity contribution >= 4 is 37.3 Å². The largest absolute Gasteiger partial charge is 0.300 e. The van der Waals surface area contributed by atoms with Crippen LogP contribution in [0, 0.1) is 0 Å². The third-order valence-corrected chi connectivity index (χ3v) is 5.56. The zero-order valence-corrected chi connectivity index (χ0v) is 15.2. The molecule has 0 radical (unpaired) electrons. The Hall–Kier alpha value is -1.01. The van der Waals surface area contributed by atoms with Gasteiger partial charge in [-0.25, -0.2) is 8.42 Å². The molecule has 0 aliphatic heterocycles. The fraction of sp³-hybridized carbons (Fsp3) is 0.500. The van der Waals surface area contributed by atoms with Crippen LogP contribution in [0.4, 0.5) is 0 Å². The highest BCUT2D eigenvalue weighted by atomic mass is 79.9. The van der Waals surface area contributed by atoms with Crippen molar-refractivity contribution in [3.05, 3.63) is 34.3 Å². The van der Waals surface area contributed by atoms with Crippen LogP contribution in [0.25, 0.3) is 0 Å². The van der Waals surface area contributed by atoms with Gasteiger partial charge in [0.2, 0.25) is 0 Å². The lowest BCUT2D eigenvalue weighted by Crippen LogP contribution is -2.23. The number of benzene rings is 1. The molecule has 22 heavy (non-hydrogen) atoms. The van der Waals surface area contributed by atoms with Crippen molar-refractivity contribution in [1.29, 1.82) is 0 Å². The number of rotatable bonds is 9. The van der Waals surface area contributed by atoms with Crippen molar-refractivity contribution < 1.29 is 18.0 Å². The Bertz CT molecular complexity index is 620. The molecular formula is C16H21BrO4S. The SMILES string of the molecule is CC(=O)CC(CCCC(=O)Cc1ccc(Br)cc1)S(C)(=O)=O. The second kappa shape index (κ2) is 8.58. The Morgan fingerprint density at radius 1 is 1.18 bits per heavy atom. The molecule has 122 valence electrons. The van der Waals surface area contributed by atoms with Crippen LogP contribution >= 0.6 is 15.9 Å². The molecule has 0 aromatic heterocycles. The van der Waals surface area contributed by atoms with E-state index < -0.39 is 15.1 Å². The fourth-order valence-corrected chi connectivity index (χ4v) is 3.63. The van der Waals surface area contributed by atoms with Crippen LogP contribution in [0.2, 0.25) is 0 Å². The Kier molecular flexibility index (Phi) is 7.42. The Balaban J connectivity index is 2.46. The molecule has 1 atom stereocenters. The molecule has 1 rings (SSSR count). The average molecular weight is 389 g/mol. The minimum Gasteiger partial charge on any atom is -0.300 e. The summed E-state index contributed by atoms with van der Waals surface area (Å²) >= 11 is 3.34. The predicted molar refractivity (Wildman–Crippen MR) is 90.6 cm³/mol. The summed E-state index contributed by atoms with van der Waals surface area (Å²) < 4.78 is 24.2. The number of hydrogen-bond donors (Lipinski definition) is 0. The van der Waals surface area contributed by atoms with Crippen LogP contribution in [0.3, 0.4) is 0 Å². The smallest absolute Gasteiger partial charge is 0.150 e. The fourth-order valence-electron chi connectivity index (χ4n) is 2.23. The number of ketones is 2. The van der Waals surface area contributed by atoms with Gasteiger partial charge in [0.05, 0.1) is 5.25 Å². The van der Waals surface area contributed by atoms with Gasteiger partial charge in [-0.05, 0) is 37.5 Å². The molecule has 0 spiro atoms. The van der Waals surface area contributed by atoms with Gasteiger partial charge in [0.25, 0.3) is 0 Å². The summed E-state index contributed by atoms with van der Waals surface area (Å²) in [5.74, 6) is -0.0611. The van der Waals surface area contributed by atoms with Crippen molar-refractivity contribution in [3.8, 4) is 0 Å². The lowest BCUT2D eigenvalue weighted by Gasteiger charge is -2.13. The molecule has 4 nitrogen and oxygen atoms in total. The normalized spacial score (nSPS) is 12.9.